The van der Waals surface area contributed by atoms with Crippen molar-refractivity contribution in [3.05, 3.63) is 60.1 Å². The third-order valence-corrected chi connectivity index (χ3v) is 4.50. The number of fused-ring (bicyclic) bond motifs is 1. The number of nitrogens with zero attached hydrogens (tertiary/aromatic N) is 2. The Balaban J connectivity index is 2.06. The molecule has 0 radical (unpaired) electrons. The van der Waals surface area contributed by atoms with E-state index in [1.54, 1.807) is 30.6 Å². The highest BCUT2D eigenvalue weighted by molar-refractivity contribution is 7.92. The normalized spacial score (nSPS) is 11.5. The maximum atomic E-state index is 12.4. The fraction of sp³-hybridized carbons (Fsp3) is 0. The van der Waals surface area contributed by atoms with Gasteiger partial charge in [-0.1, -0.05) is 23.7 Å². The van der Waals surface area contributed by atoms with Gasteiger partial charge in [0.05, 0.1) is 10.6 Å². The Kier molecular flexibility index (Phi) is 3.48. The number of aromatic nitrogens is 2. The van der Waals surface area contributed by atoms with Gasteiger partial charge in [0, 0.05) is 29.4 Å². The van der Waals surface area contributed by atoms with Crippen LogP contribution in [0, 0.1) is 0 Å². The average Bonchev–Trinajstić information content (AvgIpc) is 2.47. The van der Waals surface area contributed by atoms with Crippen molar-refractivity contribution in [2.24, 2.45) is 0 Å². The highest BCUT2D eigenvalue weighted by atomic mass is 35.5. The standard InChI is InChI=1S/C14H10ClN3O2S/c15-14-8-11(4-7-17-14)21(19,20)18-13-3-1-2-10-9-16-6-5-12(10)13/h1-9,18H. The zero-order valence-electron chi connectivity index (χ0n) is 10.7. The van der Waals surface area contributed by atoms with Crippen LogP contribution < -0.4 is 4.72 Å². The molecule has 0 bridgehead atoms. The van der Waals surface area contributed by atoms with E-state index in [2.05, 4.69) is 14.7 Å². The summed E-state index contributed by atoms with van der Waals surface area (Å²) in [5, 5.41) is 1.75. The van der Waals surface area contributed by atoms with E-state index in [1.807, 2.05) is 6.07 Å². The average molecular weight is 320 g/mol. The number of benzene rings is 1. The van der Waals surface area contributed by atoms with Crippen LogP contribution in [0.1, 0.15) is 0 Å². The number of sulfonamides is 1. The first kappa shape index (κ1) is 13.8. The Labute approximate surface area is 126 Å². The highest BCUT2D eigenvalue weighted by Crippen LogP contribution is 2.25. The van der Waals surface area contributed by atoms with Crippen LogP contribution in [-0.2, 0) is 10.0 Å². The van der Waals surface area contributed by atoms with E-state index in [9.17, 15) is 8.42 Å². The maximum Gasteiger partial charge on any atom is 0.262 e. The second-order valence-corrected chi connectivity index (χ2v) is 6.39. The van der Waals surface area contributed by atoms with Gasteiger partial charge < -0.3 is 0 Å². The van der Waals surface area contributed by atoms with E-state index in [-0.39, 0.29) is 10.0 Å². The second-order valence-electron chi connectivity index (χ2n) is 4.32. The Bertz CT molecular complexity index is 907. The van der Waals surface area contributed by atoms with Gasteiger partial charge in [-0.25, -0.2) is 13.4 Å². The number of hydrogen-bond acceptors (Lipinski definition) is 4. The summed E-state index contributed by atoms with van der Waals surface area (Å²) in [6.45, 7) is 0. The molecular formula is C14H10ClN3O2S. The molecule has 2 heterocycles. The minimum atomic E-state index is -3.72. The molecule has 0 atom stereocenters. The largest absolute Gasteiger partial charge is 0.279 e. The topological polar surface area (TPSA) is 72.0 Å². The summed E-state index contributed by atoms with van der Waals surface area (Å²) in [5.74, 6) is 0. The van der Waals surface area contributed by atoms with Crippen LogP contribution in [0.3, 0.4) is 0 Å². The molecule has 0 spiro atoms. The van der Waals surface area contributed by atoms with E-state index in [4.69, 9.17) is 11.6 Å². The van der Waals surface area contributed by atoms with Crippen LogP contribution in [0.15, 0.2) is 59.9 Å². The number of pyridine rings is 2. The Morgan fingerprint density at radius 3 is 2.76 bits per heavy atom. The molecule has 21 heavy (non-hydrogen) atoms. The predicted octanol–water partition coefficient (Wildman–Crippen LogP) is 3.08. The third kappa shape index (κ3) is 2.81. The molecule has 0 amide bonds. The van der Waals surface area contributed by atoms with Crippen molar-refractivity contribution >= 4 is 38.1 Å². The van der Waals surface area contributed by atoms with Gasteiger partial charge in [0.15, 0.2) is 0 Å². The zero-order chi connectivity index (χ0) is 14.9. The molecule has 0 unspecified atom stereocenters. The first-order valence-corrected chi connectivity index (χ1v) is 7.89. The molecule has 106 valence electrons. The molecule has 0 aliphatic rings. The molecule has 3 rings (SSSR count). The molecular weight excluding hydrogens is 310 g/mol. The van der Waals surface area contributed by atoms with Gasteiger partial charge in [-0.2, -0.15) is 0 Å². The number of rotatable bonds is 3. The lowest BCUT2D eigenvalue weighted by molar-refractivity contribution is 0.601. The predicted molar refractivity (Wildman–Crippen MR) is 81.8 cm³/mol. The van der Waals surface area contributed by atoms with Crippen LogP contribution in [0.5, 0.6) is 0 Å². The van der Waals surface area contributed by atoms with Crippen molar-refractivity contribution in [1.29, 1.82) is 0 Å². The number of anilines is 1. The Hall–Kier alpha value is -2.18. The maximum absolute atomic E-state index is 12.4. The van der Waals surface area contributed by atoms with Gasteiger partial charge in [0.25, 0.3) is 10.0 Å². The summed E-state index contributed by atoms with van der Waals surface area (Å²) in [5.41, 5.74) is 0.489. The molecule has 5 nitrogen and oxygen atoms in total. The third-order valence-electron chi connectivity index (χ3n) is 2.93. The number of nitrogens with one attached hydrogen (secondary N) is 1. The molecule has 2 aromatic heterocycles. The van der Waals surface area contributed by atoms with Crippen LogP contribution in [0.25, 0.3) is 10.8 Å². The van der Waals surface area contributed by atoms with Crippen molar-refractivity contribution in [1.82, 2.24) is 9.97 Å². The van der Waals surface area contributed by atoms with Crippen molar-refractivity contribution < 1.29 is 8.42 Å². The molecule has 3 aromatic rings. The molecule has 0 saturated carbocycles. The van der Waals surface area contributed by atoms with Gasteiger partial charge in [-0.15, -0.1) is 0 Å². The quantitative estimate of drug-likeness (QED) is 0.753. The molecule has 0 aliphatic heterocycles. The first-order chi connectivity index (χ1) is 10.1. The van der Waals surface area contributed by atoms with E-state index >= 15 is 0 Å². The lowest BCUT2D eigenvalue weighted by Crippen LogP contribution is -2.13. The SMILES string of the molecule is O=S(=O)(Nc1cccc2cnccc12)c1ccnc(Cl)c1. The highest BCUT2D eigenvalue weighted by Gasteiger charge is 2.16. The Morgan fingerprint density at radius 1 is 1.10 bits per heavy atom. The molecule has 1 N–H and O–H groups in total. The van der Waals surface area contributed by atoms with E-state index in [0.717, 1.165) is 10.8 Å². The van der Waals surface area contributed by atoms with Crippen molar-refractivity contribution in [3.8, 4) is 0 Å². The summed E-state index contributed by atoms with van der Waals surface area (Å²) in [6, 6.07) is 9.78. The van der Waals surface area contributed by atoms with Crippen molar-refractivity contribution in [2.75, 3.05) is 4.72 Å². The fourth-order valence-electron chi connectivity index (χ4n) is 1.97. The van der Waals surface area contributed by atoms with E-state index < -0.39 is 10.0 Å². The fourth-order valence-corrected chi connectivity index (χ4v) is 3.30. The summed E-state index contributed by atoms with van der Waals surface area (Å²) in [6.07, 6.45) is 4.64. The van der Waals surface area contributed by atoms with Crippen LogP contribution >= 0.6 is 11.6 Å². The summed E-state index contributed by atoms with van der Waals surface area (Å²) in [4.78, 5) is 7.86. The number of hydrogen-bond donors (Lipinski definition) is 1. The van der Waals surface area contributed by atoms with Crippen LogP contribution in [0.2, 0.25) is 5.15 Å². The second kappa shape index (κ2) is 5.31. The molecule has 1 aromatic carbocycles. The lowest BCUT2D eigenvalue weighted by Gasteiger charge is -2.10. The van der Waals surface area contributed by atoms with Crippen LogP contribution in [-0.4, -0.2) is 18.4 Å². The summed E-state index contributed by atoms with van der Waals surface area (Å²) < 4.78 is 27.3. The van der Waals surface area contributed by atoms with Gasteiger partial charge in [-0.05, 0) is 24.3 Å². The minimum Gasteiger partial charge on any atom is -0.279 e. The number of halogens is 1. The zero-order valence-corrected chi connectivity index (χ0v) is 12.3. The van der Waals surface area contributed by atoms with E-state index in [0.29, 0.717) is 5.69 Å². The van der Waals surface area contributed by atoms with Gasteiger partial charge >= 0.3 is 0 Å². The summed E-state index contributed by atoms with van der Waals surface area (Å²) >= 11 is 5.74. The summed E-state index contributed by atoms with van der Waals surface area (Å²) in [7, 11) is -3.72. The molecule has 0 fully saturated rings. The monoisotopic (exact) mass is 319 g/mol. The van der Waals surface area contributed by atoms with Crippen molar-refractivity contribution in [3.63, 3.8) is 0 Å². The lowest BCUT2D eigenvalue weighted by atomic mass is 10.1. The van der Waals surface area contributed by atoms with Gasteiger partial charge in [0.1, 0.15) is 5.15 Å². The smallest absolute Gasteiger partial charge is 0.262 e. The Morgan fingerprint density at radius 2 is 1.95 bits per heavy atom. The van der Waals surface area contributed by atoms with Crippen molar-refractivity contribution in [2.45, 2.75) is 4.90 Å². The van der Waals surface area contributed by atoms with Gasteiger partial charge in [0.2, 0.25) is 0 Å². The molecule has 0 aliphatic carbocycles. The first-order valence-electron chi connectivity index (χ1n) is 6.03. The molecule has 7 heteroatoms. The minimum absolute atomic E-state index is 0.0635. The van der Waals surface area contributed by atoms with Gasteiger partial charge in [-0.3, -0.25) is 9.71 Å². The van der Waals surface area contributed by atoms with E-state index in [1.165, 1.54) is 18.3 Å². The molecule has 0 saturated heterocycles. The van der Waals surface area contributed by atoms with Crippen LogP contribution in [0.4, 0.5) is 5.69 Å².